The smallest absolute Gasteiger partial charge is 0.113 e. The van der Waals surface area contributed by atoms with Gasteiger partial charge in [0.2, 0.25) is 0 Å². The van der Waals surface area contributed by atoms with Gasteiger partial charge in [-0.15, -0.1) is 23.4 Å². The highest BCUT2D eigenvalue weighted by Crippen LogP contribution is 2.29. The third-order valence-corrected chi connectivity index (χ3v) is 4.49. The molecule has 0 aliphatic carbocycles. The lowest BCUT2D eigenvalue weighted by Gasteiger charge is -2.17. The molecule has 0 bridgehead atoms. The Morgan fingerprint density at radius 2 is 1.86 bits per heavy atom. The molecule has 0 fully saturated rings. The van der Waals surface area contributed by atoms with Crippen molar-refractivity contribution >= 4 is 22.8 Å². The average Bonchev–Trinajstić information content (AvgIpc) is 2.96. The molecule has 0 aliphatic rings. The molecule has 0 saturated carbocycles. The van der Waals surface area contributed by atoms with Crippen molar-refractivity contribution in [1.82, 2.24) is 15.0 Å². The molecule has 0 radical (unpaired) electrons. The molecule has 2 aromatic carbocycles. The predicted molar refractivity (Wildman–Crippen MR) is 89.4 cm³/mol. The van der Waals surface area contributed by atoms with Crippen LogP contribution in [0, 0.1) is 0 Å². The number of para-hydroxylation sites is 1. The number of nitrogens with zero attached hydrogens (tertiary/aromatic N) is 3. The minimum absolute atomic E-state index is 0.220. The van der Waals surface area contributed by atoms with Gasteiger partial charge in [-0.05, 0) is 17.7 Å². The average molecular weight is 295 g/mol. The lowest BCUT2D eigenvalue weighted by molar-refractivity contribution is 0.591. The van der Waals surface area contributed by atoms with Crippen LogP contribution in [-0.2, 0) is 6.42 Å². The molecule has 0 N–H and O–H groups in total. The van der Waals surface area contributed by atoms with Crippen molar-refractivity contribution in [2.75, 3.05) is 5.75 Å². The zero-order valence-corrected chi connectivity index (χ0v) is 12.5. The Hall–Kier alpha value is -2.07. The molecule has 21 heavy (non-hydrogen) atoms. The summed E-state index contributed by atoms with van der Waals surface area (Å²) in [5, 5.41) is 8.84. The highest BCUT2D eigenvalue weighted by molar-refractivity contribution is 7.99. The highest BCUT2D eigenvalue weighted by atomic mass is 32.2. The van der Waals surface area contributed by atoms with Gasteiger partial charge in [-0.1, -0.05) is 53.8 Å². The molecule has 4 heteroatoms. The quantitative estimate of drug-likeness (QED) is 0.642. The Morgan fingerprint density at radius 3 is 2.67 bits per heavy atom. The van der Waals surface area contributed by atoms with Crippen LogP contribution in [0.3, 0.4) is 0 Å². The number of thioether (sulfide) groups is 1. The number of aromatic nitrogens is 3. The van der Waals surface area contributed by atoms with Crippen molar-refractivity contribution in [1.29, 1.82) is 0 Å². The minimum atomic E-state index is 0.220. The number of hydrogen-bond acceptors (Lipinski definition) is 3. The molecule has 106 valence electrons. The molecule has 0 amide bonds. The fourth-order valence-electron chi connectivity index (χ4n) is 2.31. The van der Waals surface area contributed by atoms with Crippen LogP contribution in [0.15, 0.2) is 67.3 Å². The monoisotopic (exact) mass is 295 g/mol. The Morgan fingerprint density at radius 1 is 1.10 bits per heavy atom. The van der Waals surface area contributed by atoms with Gasteiger partial charge in [0.1, 0.15) is 10.9 Å². The lowest BCUT2D eigenvalue weighted by atomic mass is 10.1. The van der Waals surface area contributed by atoms with Crippen LogP contribution in [0.1, 0.15) is 10.9 Å². The number of hydrogen-bond donors (Lipinski definition) is 0. The normalized spacial score (nSPS) is 12.4. The fourth-order valence-corrected chi connectivity index (χ4v) is 3.28. The second kappa shape index (κ2) is 6.59. The van der Waals surface area contributed by atoms with E-state index < -0.39 is 0 Å². The molecular weight excluding hydrogens is 278 g/mol. The number of fused-ring (bicyclic) bond motifs is 1. The minimum Gasteiger partial charge on any atom is -0.231 e. The maximum atomic E-state index is 4.36. The van der Waals surface area contributed by atoms with E-state index in [2.05, 4.69) is 47.2 Å². The Labute approximate surface area is 128 Å². The first-order valence-electron chi connectivity index (χ1n) is 6.95. The standard InChI is InChI=1S/C17H17N3S/c1-2-12-21-17(13-14-8-4-3-5-9-14)20-16-11-7-6-10-15(16)18-19-20/h2-11,17H,1,12-13H2. The van der Waals surface area contributed by atoms with Crippen molar-refractivity contribution < 1.29 is 0 Å². The SMILES string of the molecule is C=CCSC(Cc1ccccc1)n1nnc2ccccc21. The first-order chi connectivity index (χ1) is 10.4. The number of rotatable bonds is 6. The maximum absolute atomic E-state index is 4.36. The van der Waals surface area contributed by atoms with Crippen LogP contribution < -0.4 is 0 Å². The summed E-state index contributed by atoms with van der Waals surface area (Å²) in [6.07, 6.45) is 2.86. The third kappa shape index (κ3) is 3.16. The van der Waals surface area contributed by atoms with Crippen LogP contribution in [0.5, 0.6) is 0 Å². The summed E-state index contributed by atoms with van der Waals surface area (Å²) < 4.78 is 2.02. The van der Waals surface area contributed by atoms with Crippen molar-refractivity contribution in [2.45, 2.75) is 11.8 Å². The van der Waals surface area contributed by atoms with Gasteiger partial charge >= 0.3 is 0 Å². The molecule has 3 rings (SSSR count). The summed E-state index contributed by atoms with van der Waals surface area (Å²) >= 11 is 1.83. The Bertz CT molecular complexity index is 721. The van der Waals surface area contributed by atoms with E-state index in [4.69, 9.17) is 0 Å². The second-order valence-electron chi connectivity index (χ2n) is 4.79. The molecule has 0 saturated heterocycles. The van der Waals surface area contributed by atoms with E-state index in [0.29, 0.717) is 0 Å². The maximum Gasteiger partial charge on any atom is 0.113 e. The van der Waals surface area contributed by atoms with Gasteiger partial charge in [-0.2, -0.15) is 0 Å². The van der Waals surface area contributed by atoms with Crippen molar-refractivity contribution in [2.24, 2.45) is 0 Å². The molecule has 0 spiro atoms. The van der Waals surface area contributed by atoms with Crippen LogP contribution in [0.4, 0.5) is 0 Å². The Balaban J connectivity index is 1.93. The lowest BCUT2D eigenvalue weighted by Crippen LogP contribution is -2.11. The first kappa shape index (κ1) is 13.9. The largest absolute Gasteiger partial charge is 0.231 e. The summed E-state index contributed by atoms with van der Waals surface area (Å²) in [5.41, 5.74) is 3.32. The summed E-state index contributed by atoms with van der Waals surface area (Å²) in [5.74, 6) is 0.895. The van der Waals surface area contributed by atoms with Crippen LogP contribution in [0.2, 0.25) is 0 Å². The van der Waals surface area contributed by atoms with Gasteiger partial charge in [-0.3, -0.25) is 0 Å². The summed E-state index contributed by atoms with van der Waals surface area (Å²) in [6, 6.07) is 18.6. The molecule has 0 aliphatic heterocycles. The van der Waals surface area contributed by atoms with E-state index in [1.165, 1.54) is 5.56 Å². The Kier molecular flexibility index (Phi) is 4.36. The van der Waals surface area contributed by atoms with Crippen LogP contribution >= 0.6 is 11.8 Å². The van der Waals surface area contributed by atoms with Crippen LogP contribution in [-0.4, -0.2) is 20.7 Å². The predicted octanol–water partition coefficient (Wildman–Crippen LogP) is 4.09. The highest BCUT2D eigenvalue weighted by Gasteiger charge is 2.16. The molecule has 1 unspecified atom stereocenters. The zero-order chi connectivity index (χ0) is 14.5. The zero-order valence-electron chi connectivity index (χ0n) is 11.7. The second-order valence-corrected chi connectivity index (χ2v) is 6.00. The van der Waals surface area contributed by atoms with Gasteiger partial charge < -0.3 is 0 Å². The van der Waals surface area contributed by atoms with E-state index in [-0.39, 0.29) is 5.37 Å². The van der Waals surface area contributed by atoms with E-state index in [1.54, 1.807) is 0 Å². The molecule has 1 aromatic heterocycles. The van der Waals surface area contributed by atoms with E-state index >= 15 is 0 Å². The number of benzene rings is 2. The van der Waals surface area contributed by atoms with E-state index in [9.17, 15) is 0 Å². The van der Waals surface area contributed by atoms with Crippen molar-refractivity contribution in [3.05, 3.63) is 72.8 Å². The summed E-state index contributed by atoms with van der Waals surface area (Å²) in [7, 11) is 0. The fraction of sp³-hybridized carbons (Fsp3) is 0.176. The van der Waals surface area contributed by atoms with E-state index in [1.807, 2.05) is 46.8 Å². The van der Waals surface area contributed by atoms with Gasteiger partial charge in [0.15, 0.2) is 0 Å². The van der Waals surface area contributed by atoms with E-state index in [0.717, 1.165) is 23.2 Å². The molecular formula is C17H17N3S. The third-order valence-electron chi connectivity index (χ3n) is 3.31. The first-order valence-corrected chi connectivity index (χ1v) is 7.99. The van der Waals surface area contributed by atoms with Gasteiger partial charge in [0.25, 0.3) is 0 Å². The topological polar surface area (TPSA) is 30.7 Å². The van der Waals surface area contributed by atoms with Crippen LogP contribution in [0.25, 0.3) is 11.0 Å². The van der Waals surface area contributed by atoms with Crippen molar-refractivity contribution in [3.8, 4) is 0 Å². The van der Waals surface area contributed by atoms with Gasteiger partial charge in [0.05, 0.1) is 5.52 Å². The molecule has 1 atom stereocenters. The molecule has 1 heterocycles. The van der Waals surface area contributed by atoms with Crippen molar-refractivity contribution in [3.63, 3.8) is 0 Å². The summed E-state index contributed by atoms with van der Waals surface area (Å²) in [4.78, 5) is 0. The summed E-state index contributed by atoms with van der Waals surface area (Å²) in [6.45, 7) is 3.82. The molecule has 3 nitrogen and oxygen atoms in total. The molecule has 3 aromatic rings. The van der Waals surface area contributed by atoms with Gasteiger partial charge in [0, 0.05) is 12.2 Å². The van der Waals surface area contributed by atoms with Gasteiger partial charge in [-0.25, -0.2) is 4.68 Å².